The van der Waals surface area contributed by atoms with Crippen LogP contribution < -0.4 is 5.32 Å². The van der Waals surface area contributed by atoms with Gasteiger partial charge in [0.15, 0.2) is 0 Å². The van der Waals surface area contributed by atoms with Gasteiger partial charge in [0.1, 0.15) is 5.76 Å². The third-order valence-corrected chi connectivity index (χ3v) is 1.87. The number of carbonyl (C=O) groups excluding carboxylic acids is 1. The number of nitrogens with one attached hydrogen (secondary N) is 1. The van der Waals surface area contributed by atoms with Crippen LogP contribution in [0.25, 0.3) is 0 Å². The van der Waals surface area contributed by atoms with Crippen molar-refractivity contribution in [3.63, 3.8) is 0 Å². The molecule has 1 heterocycles. The quantitative estimate of drug-likeness (QED) is 0.436. The van der Waals surface area contributed by atoms with Crippen LogP contribution in [0.15, 0.2) is 16.3 Å². The average molecular weight is 212 g/mol. The van der Waals surface area contributed by atoms with Gasteiger partial charge in [-0.1, -0.05) is 0 Å². The van der Waals surface area contributed by atoms with Crippen molar-refractivity contribution in [3.8, 4) is 0 Å². The van der Waals surface area contributed by atoms with Gasteiger partial charge in [-0.05, 0) is 6.42 Å². The maximum Gasteiger partial charge on any atom is 0.303 e. The van der Waals surface area contributed by atoms with Gasteiger partial charge in [0.2, 0.25) is 0 Å². The molecule has 1 aliphatic rings. The van der Waals surface area contributed by atoms with Crippen LogP contribution in [0.2, 0.25) is 0 Å². The summed E-state index contributed by atoms with van der Waals surface area (Å²) < 4.78 is 0. The van der Waals surface area contributed by atoms with Gasteiger partial charge in [-0.3, -0.25) is 14.6 Å². The first-order valence-electron chi connectivity index (χ1n) is 4.53. The number of hydrogen-bond acceptors (Lipinski definition) is 4. The Kier molecular flexibility index (Phi) is 3.84. The largest absolute Gasteiger partial charge is 0.510 e. The van der Waals surface area contributed by atoms with E-state index < -0.39 is 5.97 Å². The molecule has 82 valence electrons. The third kappa shape index (κ3) is 3.41. The second-order valence-electron chi connectivity index (χ2n) is 3.08. The molecule has 0 aliphatic carbocycles. The molecule has 6 heteroatoms. The van der Waals surface area contributed by atoms with Crippen LogP contribution >= 0.6 is 0 Å². The second-order valence-corrected chi connectivity index (χ2v) is 3.08. The maximum absolute atomic E-state index is 11.0. The van der Waals surface area contributed by atoms with E-state index in [2.05, 4.69) is 10.3 Å². The number of aliphatic hydroxyl groups excluding tert-OH is 1. The first kappa shape index (κ1) is 11.2. The van der Waals surface area contributed by atoms with Crippen LogP contribution in [0.1, 0.15) is 12.8 Å². The smallest absolute Gasteiger partial charge is 0.303 e. The number of carboxylic acids is 1. The summed E-state index contributed by atoms with van der Waals surface area (Å²) in [4.78, 5) is 25.1. The standard InChI is InChI=1S/C9H12N2O4/c12-7-5-11-9(15)6(7)4-10-3-1-2-8(13)14/h4,12H,1-3,5H2,(H,11,15)(H,13,14). The van der Waals surface area contributed by atoms with Crippen molar-refractivity contribution in [2.75, 3.05) is 13.1 Å². The molecule has 0 spiro atoms. The molecule has 3 N–H and O–H groups in total. The normalized spacial score (nSPS) is 16.1. The molecule has 15 heavy (non-hydrogen) atoms. The zero-order chi connectivity index (χ0) is 11.3. The zero-order valence-electron chi connectivity index (χ0n) is 8.06. The van der Waals surface area contributed by atoms with Gasteiger partial charge in [-0.25, -0.2) is 0 Å². The zero-order valence-corrected chi connectivity index (χ0v) is 8.06. The number of rotatable bonds is 5. The summed E-state index contributed by atoms with van der Waals surface area (Å²) in [6.07, 6.45) is 1.75. The van der Waals surface area contributed by atoms with Crippen molar-refractivity contribution in [1.29, 1.82) is 0 Å². The van der Waals surface area contributed by atoms with E-state index in [9.17, 15) is 14.7 Å². The van der Waals surface area contributed by atoms with Gasteiger partial charge in [-0.2, -0.15) is 0 Å². The Bertz CT molecular complexity index is 333. The summed E-state index contributed by atoms with van der Waals surface area (Å²) in [5, 5.41) is 20.0. The van der Waals surface area contributed by atoms with Crippen LogP contribution in [-0.2, 0) is 9.59 Å². The van der Waals surface area contributed by atoms with Crippen LogP contribution in [0.4, 0.5) is 0 Å². The molecule has 0 fully saturated rings. The summed E-state index contributed by atoms with van der Waals surface area (Å²) in [5.74, 6) is -1.25. The first-order valence-corrected chi connectivity index (χ1v) is 4.53. The highest BCUT2D eigenvalue weighted by Gasteiger charge is 2.19. The lowest BCUT2D eigenvalue weighted by atomic mass is 10.2. The van der Waals surface area contributed by atoms with Crippen LogP contribution in [0, 0.1) is 0 Å². The van der Waals surface area contributed by atoms with Crippen molar-refractivity contribution in [2.24, 2.45) is 4.99 Å². The first-order chi connectivity index (χ1) is 7.11. The number of aliphatic imine (C=N–C) groups is 1. The molecule has 0 aromatic rings. The minimum Gasteiger partial charge on any atom is -0.510 e. The van der Waals surface area contributed by atoms with E-state index in [1.807, 2.05) is 0 Å². The van der Waals surface area contributed by atoms with Gasteiger partial charge < -0.3 is 15.5 Å². The molecular weight excluding hydrogens is 200 g/mol. The molecule has 0 bridgehead atoms. The van der Waals surface area contributed by atoms with Gasteiger partial charge in [0.05, 0.1) is 12.1 Å². The van der Waals surface area contributed by atoms with E-state index in [4.69, 9.17) is 5.11 Å². The van der Waals surface area contributed by atoms with Gasteiger partial charge in [0.25, 0.3) is 5.91 Å². The highest BCUT2D eigenvalue weighted by Crippen LogP contribution is 2.05. The van der Waals surface area contributed by atoms with Crippen LogP contribution in [0.5, 0.6) is 0 Å². The maximum atomic E-state index is 11.0. The lowest BCUT2D eigenvalue weighted by Crippen LogP contribution is -2.17. The average Bonchev–Trinajstić information content (AvgIpc) is 2.47. The molecule has 0 radical (unpaired) electrons. The molecule has 1 aliphatic heterocycles. The number of aliphatic carboxylic acids is 1. The minimum absolute atomic E-state index is 0.0259. The molecule has 0 unspecified atom stereocenters. The molecule has 0 aromatic heterocycles. The number of nitrogens with zero attached hydrogens (tertiary/aromatic N) is 1. The topological polar surface area (TPSA) is 99.0 Å². The Morgan fingerprint density at radius 1 is 1.60 bits per heavy atom. The highest BCUT2D eigenvalue weighted by molar-refractivity contribution is 6.14. The van der Waals surface area contributed by atoms with Crippen molar-refractivity contribution < 1.29 is 19.8 Å². The van der Waals surface area contributed by atoms with Crippen molar-refractivity contribution in [1.82, 2.24) is 5.32 Å². The number of amides is 1. The molecule has 6 nitrogen and oxygen atoms in total. The third-order valence-electron chi connectivity index (χ3n) is 1.87. The number of hydrogen-bond donors (Lipinski definition) is 3. The summed E-state index contributed by atoms with van der Waals surface area (Å²) >= 11 is 0. The van der Waals surface area contributed by atoms with E-state index in [0.717, 1.165) is 0 Å². The van der Waals surface area contributed by atoms with E-state index in [1.165, 1.54) is 6.21 Å². The van der Waals surface area contributed by atoms with Crippen molar-refractivity contribution in [2.45, 2.75) is 12.8 Å². The van der Waals surface area contributed by atoms with Crippen LogP contribution in [0.3, 0.4) is 0 Å². The predicted molar refractivity (Wildman–Crippen MR) is 52.9 cm³/mol. The van der Waals surface area contributed by atoms with Crippen molar-refractivity contribution >= 4 is 18.1 Å². The second kappa shape index (κ2) is 5.14. The fourth-order valence-electron chi connectivity index (χ4n) is 1.10. The molecule has 1 rings (SSSR count). The summed E-state index contributed by atoms with van der Waals surface area (Å²) in [6.45, 7) is 0.464. The highest BCUT2D eigenvalue weighted by atomic mass is 16.4. The molecule has 1 amide bonds. The Balaban J connectivity index is 2.35. The lowest BCUT2D eigenvalue weighted by molar-refractivity contribution is -0.137. The summed E-state index contributed by atoms with van der Waals surface area (Å²) in [5.41, 5.74) is 0.158. The molecule has 0 atom stereocenters. The van der Waals surface area contributed by atoms with E-state index >= 15 is 0 Å². The minimum atomic E-state index is -0.870. The number of carboxylic acid groups (broad SMARTS) is 1. The Labute approximate surface area is 86.3 Å². The summed E-state index contributed by atoms with van der Waals surface area (Å²) in [6, 6.07) is 0. The van der Waals surface area contributed by atoms with Gasteiger partial charge in [0, 0.05) is 19.2 Å². The van der Waals surface area contributed by atoms with E-state index in [-0.39, 0.29) is 30.2 Å². The van der Waals surface area contributed by atoms with E-state index in [1.54, 1.807) is 0 Å². The molecule has 0 saturated heterocycles. The fraction of sp³-hybridized carbons (Fsp3) is 0.444. The monoisotopic (exact) mass is 212 g/mol. The lowest BCUT2D eigenvalue weighted by Gasteiger charge is -1.92. The van der Waals surface area contributed by atoms with E-state index in [0.29, 0.717) is 13.0 Å². The number of carbonyl (C=O) groups is 2. The van der Waals surface area contributed by atoms with Gasteiger partial charge >= 0.3 is 5.97 Å². The van der Waals surface area contributed by atoms with Crippen molar-refractivity contribution in [3.05, 3.63) is 11.3 Å². The number of aliphatic hydroxyl groups is 1. The summed E-state index contributed by atoms with van der Waals surface area (Å²) in [7, 11) is 0. The fourth-order valence-corrected chi connectivity index (χ4v) is 1.10. The Morgan fingerprint density at radius 2 is 2.33 bits per heavy atom. The van der Waals surface area contributed by atoms with Crippen LogP contribution in [-0.4, -0.2) is 41.4 Å². The molecular formula is C9H12N2O4. The van der Waals surface area contributed by atoms with Gasteiger partial charge in [-0.15, -0.1) is 0 Å². The molecule has 0 aromatic carbocycles. The predicted octanol–water partition coefficient (Wildman–Crippen LogP) is -0.136. The SMILES string of the molecule is O=C(O)CCCN=CC1=C(O)CNC1=O. The Hall–Kier alpha value is -1.85. The molecule has 0 saturated carbocycles. The Morgan fingerprint density at radius 3 is 2.87 bits per heavy atom.